The maximum atomic E-state index is 13.5. The van der Waals surface area contributed by atoms with Crippen molar-refractivity contribution in [2.24, 2.45) is 5.41 Å². The molecule has 4 nitrogen and oxygen atoms in total. The molecule has 0 bridgehead atoms. The SMILES string of the molecule is FC(F)(F)C1(CNc2ccc(Cc3c[nH]c4ncccc34)cn2)C=CC=CC1. The highest BCUT2D eigenvalue weighted by Gasteiger charge is 2.52. The molecule has 3 heterocycles. The fraction of sp³-hybridized carbons (Fsp3) is 0.238. The van der Waals surface area contributed by atoms with Crippen molar-refractivity contribution in [1.82, 2.24) is 15.0 Å². The molecule has 1 aliphatic carbocycles. The lowest BCUT2D eigenvalue weighted by molar-refractivity contribution is -0.200. The van der Waals surface area contributed by atoms with E-state index < -0.39 is 11.6 Å². The molecule has 7 heteroatoms. The standard InChI is InChI=1S/C21H19F3N4/c22-21(23,24)20(8-2-1-3-9-20)14-28-18-7-6-15(12-26-18)11-16-13-27-19-17(16)5-4-10-25-19/h1-8,10,12-13H,9,11,14H2,(H,25,27)(H,26,28). The summed E-state index contributed by atoms with van der Waals surface area (Å²) in [6.45, 7) is -0.252. The second-order valence-corrected chi connectivity index (χ2v) is 6.94. The molecule has 144 valence electrons. The lowest BCUT2D eigenvalue weighted by atomic mass is 9.80. The molecule has 2 N–H and O–H groups in total. The number of halogens is 3. The smallest absolute Gasteiger partial charge is 0.369 e. The average Bonchev–Trinajstić information content (AvgIpc) is 3.10. The predicted molar refractivity (Wildman–Crippen MR) is 103 cm³/mol. The molecular weight excluding hydrogens is 365 g/mol. The highest BCUT2D eigenvalue weighted by Crippen LogP contribution is 2.44. The Bertz CT molecular complexity index is 1020. The molecule has 4 rings (SSSR count). The molecule has 0 radical (unpaired) electrons. The zero-order valence-electron chi connectivity index (χ0n) is 15.0. The van der Waals surface area contributed by atoms with Crippen LogP contribution in [0.3, 0.4) is 0 Å². The highest BCUT2D eigenvalue weighted by molar-refractivity contribution is 5.79. The third kappa shape index (κ3) is 3.52. The Kier molecular flexibility index (Phi) is 4.66. The third-order valence-electron chi connectivity index (χ3n) is 5.05. The van der Waals surface area contributed by atoms with E-state index in [1.165, 1.54) is 12.2 Å². The average molecular weight is 384 g/mol. The summed E-state index contributed by atoms with van der Waals surface area (Å²) in [5.74, 6) is 0.427. The van der Waals surface area contributed by atoms with Crippen molar-refractivity contribution in [2.75, 3.05) is 11.9 Å². The maximum absolute atomic E-state index is 13.5. The Morgan fingerprint density at radius 3 is 2.75 bits per heavy atom. The van der Waals surface area contributed by atoms with E-state index in [1.807, 2.05) is 24.4 Å². The van der Waals surface area contributed by atoms with Gasteiger partial charge < -0.3 is 10.3 Å². The summed E-state index contributed by atoms with van der Waals surface area (Å²) in [5.41, 5.74) is 0.997. The van der Waals surface area contributed by atoms with E-state index in [0.29, 0.717) is 12.2 Å². The highest BCUT2D eigenvalue weighted by atomic mass is 19.4. The van der Waals surface area contributed by atoms with E-state index in [4.69, 9.17) is 0 Å². The number of fused-ring (bicyclic) bond motifs is 1. The fourth-order valence-corrected chi connectivity index (χ4v) is 3.37. The van der Waals surface area contributed by atoms with Crippen molar-refractivity contribution in [1.29, 1.82) is 0 Å². The molecule has 0 saturated heterocycles. The minimum Gasteiger partial charge on any atom is -0.369 e. The molecule has 0 aromatic carbocycles. The molecular formula is C21H19F3N4. The minimum absolute atomic E-state index is 0.0767. The van der Waals surface area contributed by atoms with Crippen molar-refractivity contribution >= 4 is 16.9 Å². The normalized spacial score (nSPS) is 19.2. The Morgan fingerprint density at radius 1 is 1.14 bits per heavy atom. The van der Waals surface area contributed by atoms with Crippen LogP contribution in [0.2, 0.25) is 0 Å². The zero-order valence-corrected chi connectivity index (χ0v) is 15.0. The van der Waals surface area contributed by atoms with Crippen LogP contribution in [0.5, 0.6) is 0 Å². The Balaban J connectivity index is 1.45. The third-order valence-corrected chi connectivity index (χ3v) is 5.05. The number of hydrogen-bond donors (Lipinski definition) is 2. The van der Waals surface area contributed by atoms with Crippen LogP contribution in [-0.2, 0) is 6.42 Å². The Hall–Kier alpha value is -3.09. The van der Waals surface area contributed by atoms with Gasteiger partial charge in [-0.2, -0.15) is 13.2 Å². The van der Waals surface area contributed by atoms with Gasteiger partial charge >= 0.3 is 6.18 Å². The van der Waals surface area contributed by atoms with Crippen molar-refractivity contribution < 1.29 is 13.2 Å². The maximum Gasteiger partial charge on any atom is 0.399 e. The van der Waals surface area contributed by atoms with E-state index in [2.05, 4.69) is 20.3 Å². The first kappa shape index (κ1) is 18.3. The first-order valence-electron chi connectivity index (χ1n) is 8.98. The van der Waals surface area contributed by atoms with E-state index >= 15 is 0 Å². The minimum atomic E-state index is -4.33. The lowest BCUT2D eigenvalue weighted by Gasteiger charge is -2.33. The van der Waals surface area contributed by atoms with Gasteiger partial charge in [-0.25, -0.2) is 9.97 Å². The summed E-state index contributed by atoms with van der Waals surface area (Å²) in [4.78, 5) is 11.7. The van der Waals surface area contributed by atoms with Crippen LogP contribution in [0.15, 0.2) is 67.2 Å². The molecule has 1 unspecified atom stereocenters. The summed E-state index contributed by atoms with van der Waals surface area (Å²) in [5, 5.41) is 3.89. The summed E-state index contributed by atoms with van der Waals surface area (Å²) < 4.78 is 40.6. The molecule has 0 amide bonds. The quantitative estimate of drug-likeness (QED) is 0.649. The number of nitrogens with one attached hydrogen (secondary N) is 2. The van der Waals surface area contributed by atoms with Crippen molar-refractivity contribution in [3.63, 3.8) is 0 Å². The molecule has 0 spiro atoms. The van der Waals surface area contributed by atoms with Gasteiger partial charge in [-0.15, -0.1) is 0 Å². The summed E-state index contributed by atoms with van der Waals surface area (Å²) in [6.07, 6.45) is 7.45. The predicted octanol–water partition coefficient (Wildman–Crippen LogP) is 5.03. The van der Waals surface area contributed by atoms with Gasteiger partial charge in [0.15, 0.2) is 0 Å². The van der Waals surface area contributed by atoms with Gasteiger partial charge in [-0.05, 0) is 35.7 Å². The first-order chi connectivity index (χ1) is 13.5. The molecule has 1 atom stereocenters. The Morgan fingerprint density at radius 2 is 2.04 bits per heavy atom. The summed E-state index contributed by atoms with van der Waals surface area (Å²) in [7, 11) is 0. The molecule has 3 aromatic rings. The molecule has 28 heavy (non-hydrogen) atoms. The Labute approximate surface area is 160 Å². The molecule has 0 fully saturated rings. The van der Waals surface area contributed by atoms with Gasteiger partial charge in [0.2, 0.25) is 0 Å². The number of rotatable bonds is 5. The number of anilines is 1. The number of nitrogens with zero attached hydrogens (tertiary/aromatic N) is 2. The molecule has 3 aromatic heterocycles. The topological polar surface area (TPSA) is 53.6 Å². The monoisotopic (exact) mass is 384 g/mol. The lowest BCUT2D eigenvalue weighted by Crippen LogP contribution is -2.42. The van der Waals surface area contributed by atoms with Gasteiger partial charge in [0.25, 0.3) is 0 Å². The summed E-state index contributed by atoms with van der Waals surface area (Å²) in [6, 6.07) is 7.48. The number of allylic oxidation sites excluding steroid dienone is 3. The first-order valence-corrected chi connectivity index (χ1v) is 8.98. The number of aromatic amines is 1. The number of hydrogen-bond acceptors (Lipinski definition) is 3. The molecule has 1 aliphatic rings. The second kappa shape index (κ2) is 7.14. The van der Waals surface area contributed by atoms with Crippen LogP contribution in [-0.4, -0.2) is 27.7 Å². The summed E-state index contributed by atoms with van der Waals surface area (Å²) >= 11 is 0. The van der Waals surface area contributed by atoms with Gasteiger partial charge in [0.05, 0.1) is 0 Å². The van der Waals surface area contributed by atoms with E-state index in [0.717, 1.165) is 22.2 Å². The number of aromatic nitrogens is 3. The molecule has 0 aliphatic heterocycles. The van der Waals surface area contributed by atoms with Gasteiger partial charge in [-0.3, -0.25) is 0 Å². The second-order valence-electron chi connectivity index (χ2n) is 6.94. The fourth-order valence-electron chi connectivity index (χ4n) is 3.37. The van der Waals surface area contributed by atoms with Crippen molar-refractivity contribution in [2.45, 2.75) is 19.0 Å². The number of alkyl halides is 3. The van der Waals surface area contributed by atoms with Gasteiger partial charge in [-0.1, -0.05) is 30.4 Å². The van der Waals surface area contributed by atoms with Crippen LogP contribution >= 0.6 is 0 Å². The number of pyridine rings is 2. The van der Waals surface area contributed by atoms with Crippen LogP contribution in [0, 0.1) is 5.41 Å². The van der Waals surface area contributed by atoms with Crippen LogP contribution in [0.25, 0.3) is 11.0 Å². The van der Waals surface area contributed by atoms with Crippen molar-refractivity contribution in [3.8, 4) is 0 Å². The number of H-pyrrole nitrogens is 1. The van der Waals surface area contributed by atoms with Crippen LogP contribution in [0.4, 0.5) is 19.0 Å². The van der Waals surface area contributed by atoms with Gasteiger partial charge in [0, 0.05) is 36.9 Å². The van der Waals surface area contributed by atoms with E-state index in [1.54, 1.807) is 30.6 Å². The van der Waals surface area contributed by atoms with Gasteiger partial charge in [0.1, 0.15) is 16.9 Å². The van der Waals surface area contributed by atoms with E-state index in [-0.39, 0.29) is 13.0 Å². The zero-order chi connectivity index (χ0) is 19.6. The van der Waals surface area contributed by atoms with Crippen LogP contribution in [0.1, 0.15) is 17.5 Å². The van der Waals surface area contributed by atoms with Crippen molar-refractivity contribution in [3.05, 3.63) is 78.3 Å². The molecule has 0 saturated carbocycles. The largest absolute Gasteiger partial charge is 0.399 e. The van der Waals surface area contributed by atoms with E-state index in [9.17, 15) is 13.2 Å². The van der Waals surface area contributed by atoms with Crippen LogP contribution < -0.4 is 5.32 Å².